The fourth-order valence-corrected chi connectivity index (χ4v) is 4.36. The number of rotatable bonds is 15. The summed E-state index contributed by atoms with van der Waals surface area (Å²) in [5.41, 5.74) is 0. The van der Waals surface area contributed by atoms with Gasteiger partial charge in [0.25, 0.3) is 0 Å². The molecule has 0 spiro atoms. The molecule has 0 N–H and O–H groups in total. The largest absolute Gasteiger partial charge is 0.500 e. The van der Waals surface area contributed by atoms with E-state index in [1.165, 1.54) is 64.2 Å². The first-order chi connectivity index (χ1) is 9.74. The summed E-state index contributed by atoms with van der Waals surface area (Å²) in [6.07, 6.45) is 15.0. The normalized spacial score (nSPS) is 12.0. The van der Waals surface area contributed by atoms with Crippen LogP contribution in [0.1, 0.15) is 77.6 Å². The predicted octanol–water partition coefficient (Wildman–Crippen LogP) is 5.18. The Morgan fingerprint density at radius 1 is 0.550 bits per heavy atom. The second-order valence-electron chi connectivity index (χ2n) is 5.58. The quantitative estimate of drug-likeness (QED) is 0.308. The number of unbranched alkanes of at least 4 members (excludes halogenated alkanes) is 10. The zero-order valence-corrected chi connectivity index (χ0v) is 15.2. The van der Waals surface area contributed by atoms with Gasteiger partial charge in [-0.25, -0.2) is 0 Å². The summed E-state index contributed by atoms with van der Waals surface area (Å²) in [4.78, 5) is 0. The van der Waals surface area contributed by atoms with E-state index >= 15 is 0 Å². The van der Waals surface area contributed by atoms with Crippen molar-refractivity contribution in [3.63, 3.8) is 0 Å². The fourth-order valence-electron chi connectivity index (χ4n) is 2.56. The third kappa shape index (κ3) is 9.92. The van der Waals surface area contributed by atoms with E-state index in [-0.39, 0.29) is 0 Å². The third-order valence-corrected chi connectivity index (χ3v) is 6.85. The van der Waals surface area contributed by atoms with Gasteiger partial charge >= 0.3 is 8.80 Å². The Hall–Kier alpha value is 0.0969. The minimum absolute atomic E-state index is 0.938. The standard InChI is InChI=1S/C16H36O3Si/c1-5-6-7-8-9-10-11-12-13-14-15-16-20(17-2,18-3)19-4/h5-16H2,1-4H3. The Labute approximate surface area is 127 Å². The number of hydrogen-bond donors (Lipinski definition) is 0. The Balaban J connectivity index is 3.32. The minimum atomic E-state index is -2.31. The van der Waals surface area contributed by atoms with Crippen LogP contribution in [-0.4, -0.2) is 30.1 Å². The van der Waals surface area contributed by atoms with Crippen LogP contribution in [0.4, 0.5) is 0 Å². The van der Waals surface area contributed by atoms with Gasteiger partial charge in [-0.3, -0.25) is 0 Å². The van der Waals surface area contributed by atoms with Crippen LogP contribution >= 0.6 is 0 Å². The Kier molecular flexibility index (Phi) is 14.1. The second-order valence-corrected chi connectivity index (χ2v) is 8.67. The van der Waals surface area contributed by atoms with Gasteiger partial charge < -0.3 is 13.3 Å². The van der Waals surface area contributed by atoms with Crippen LogP contribution in [-0.2, 0) is 13.3 Å². The van der Waals surface area contributed by atoms with Crippen LogP contribution < -0.4 is 0 Å². The molecule has 0 unspecified atom stereocenters. The highest BCUT2D eigenvalue weighted by Crippen LogP contribution is 2.18. The summed E-state index contributed by atoms with van der Waals surface area (Å²) < 4.78 is 16.3. The predicted molar refractivity (Wildman–Crippen MR) is 88.0 cm³/mol. The molecule has 0 fully saturated rings. The molecule has 122 valence electrons. The van der Waals surface area contributed by atoms with Crippen molar-refractivity contribution in [3.8, 4) is 0 Å². The molecule has 20 heavy (non-hydrogen) atoms. The van der Waals surface area contributed by atoms with Gasteiger partial charge in [0.1, 0.15) is 0 Å². The fraction of sp³-hybridized carbons (Fsp3) is 1.00. The maximum Gasteiger partial charge on any atom is 0.500 e. The summed E-state index contributed by atoms with van der Waals surface area (Å²) in [6, 6.07) is 0.938. The highest BCUT2D eigenvalue weighted by molar-refractivity contribution is 6.60. The molecule has 0 aromatic rings. The average Bonchev–Trinajstić information content (AvgIpc) is 2.49. The SMILES string of the molecule is CCCCCCCCCCCCC[Si](OC)(OC)OC. The molecule has 0 aromatic heterocycles. The van der Waals surface area contributed by atoms with Crippen molar-refractivity contribution in [3.05, 3.63) is 0 Å². The Bertz CT molecular complexity index is 188. The first-order valence-electron chi connectivity index (χ1n) is 8.40. The van der Waals surface area contributed by atoms with Gasteiger partial charge in [0, 0.05) is 27.4 Å². The van der Waals surface area contributed by atoms with Crippen molar-refractivity contribution >= 4 is 8.80 Å². The third-order valence-electron chi connectivity index (χ3n) is 4.02. The summed E-state index contributed by atoms with van der Waals surface area (Å²) >= 11 is 0. The van der Waals surface area contributed by atoms with E-state index in [0.717, 1.165) is 12.5 Å². The molecule has 0 radical (unpaired) electrons. The van der Waals surface area contributed by atoms with E-state index in [2.05, 4.69) is 6.92 Å². The maximum atomic E-state index is 5.42. The molecule has 0 rings (SSSR count). The van der Waals surface area contributed by atoms with Crippen molar-refractivity contribution < 1.29 is 13.3 Å². The summed E-state index contributed by atoms with van der Waals surface area (Å²) in [5.74, 6) is 0. The molecule has 0 aromatic carbocycles. The maximum absolute atomic E-state index is 5.42. The van der Waals surface area contributed by atoms with E-state index in [4.69, 9.17) is 13.3 Å². The Morgan fingerprint density at radius 3 is 1.25 bits per heavy atom. The first-order valence-corrected chi connectivity index (χ1v) is 10.3. The van der Waals surface area contributed by atoms with E-state index in [9.17, 15) is 0 Å². The molecule has 0 saturated carbocycles. The van der Waals surface area contributed by atoms with Gasteiger partial charge in [0.2, 0.25) is 0 Å². The van der Waals surface area contributed by atoms with Crippen LogP contribution in [0.15, 0.2) is 0 Å². The second kappa shape index (κ2) is 14.1. The lowest BCUT2D eigenvalue weighted by Crippen LogP contribution is -2.42. The molecule has 0 aliphatic carbocycles. The van der Waals surface area contributed by atoms with Crippen LogP contribution in [0.3, 0.4) is 0 Å². The van der Waals surface area contributed by atoms with Gasteiger partial charge in [-0.2, -0.15) is 0 Å². The summed E-state index contributed by atoms with van der Waals surface area (Å²) in [7, 11) is 2.77. The van der Waals surface area contributed by atoms with Crippen molar-refractivity contribution in [2.45, 2.75) is 83.6 Å². The van der Waals surface area contributed by atoms with E-state index in [1.807, 2.05) is 0 Å². The molecule has 4 heteroatoms. The highest BCUT2D eigenvalue weighted by atomic mass is 28.4. The van der Waals surface area contributed by atoms with E-state index in [0.29, 0.717) is 0 Å². The van der Waals surface area contributed by atoms with Crippen LogP contribution in [0, 0.1) is 0 Å². The van der Waals surface area contributed by atoms with Crippen LogP contribution in [0.2, 0.25) is 6.04 Å². The summed E-state index contributed by atoms with van der Waals surface area (Å²) in [5, 5.41) is 0. The molecule has 3 nitrogen and oxygen atoms in total. The van der Waals surface area contributed by atoms with Crippen molar-refractivity contribution in [2.24, 2.45) is 0 Å². The van der Waals surface area contributed by atoms with E-state index in [1.54, 1.807) is 21.3 Å². The lowest BCUT2D eigenvalue weighted by molar-refractivity contribution is 0.122. The zero-order chi connectivity index (χ0) is 15.1. The lowest BCUT2D eigenvalue weighted by atomic mass is 10.1. The molecule has 0 atom stereocenters. The smallest absolute Gasteiger partial charge is 0.377 e. The molecule has 0 bridgehead atoms. The lowest BCUT2D eigenvalue weighted by Gasteiger charge is -2.24. The topological polar surface area (TPSA) is 27.7 Å². The zero-order valence-electron chi connectivity index (χ0n) is 14.2. The Morgan fingerprint density at radius 2 is 0.900 bits per heavy atom. The average molecular weight is 305 g/mol. The van der Waals surface area contributed by atoms with Gasteiger partial charge in [0.15, 0.2) is 0 Å². The minimum Gasteiger partial charge on any atom is -0.377 e. The van der Waals surface area contributed by atoms with Crippen molar-refractivity contribution in [1.82, 2.24) is 0 Å². The molecular formula is C16H36O3Si. The molecule has 0 aliphatic heterocycles. The van der Waals surface area contributed by atoms with Gasteiger partial charge in [0.05, 0.1) is 0 Å². The summed E-state index contributed by atoms with van der Waals surface area (Å²) in [6.45, 7) is 2.27. The van der Waals surface area contributed by atoms with Crippen LogP contribution in [0.5, 0.6) is 0 Å². The molecule has 0 amide bonds. The van der Waals surface area contributed by atoms with Crippen molar-refractivity contribution in [2.75, 3.05) is 21.3 Å². The van der Waals surface area contributed by atoms with Crippen LogP contribution in [0.25, 0.3) is 0 Å². The van der Waals surface area contributed by atoms with Crippen molar-refractivity contribution in [1.29, 1.82) is 0 Å². The number of hydrogen-bond acceptors (Lipinski definition) is 3. The van der Waals surface area contributed by atoms with Gasteiger partial charge in [-0.15, -0.1) is 0 Å². The monoisotopic (exact) mass is 304 g/mol. The highest BCUT2D eigenvalue weighted by Gasteiger charge is 2.36. The molecular weight excluding hydrogens is 268 g/mol. The van der Waals surface area contributed by atoms with Gasteiger partial charge in [-0.1, -0.05) is 71.1 Å². The van der Waals surface area contributed by atoms with E-state index < -0.39 is 8.80 Å². The molecule has 0 saturated heterocycles. The molecule has 0 heterocycles. The first kappa shape index (κ1) is 20.1. The van der Waals surface area contributed by atoms with Gasteiger partial charge in [-0.05, 0) is 6.42 Å². The molecule has 0 aliphatic rings.